The van der Waals surface area contributed by atoms with Crippen LogP contribution >= 0.6 is 11.3 Å². The van der Waals surface area contributed by atoms with Crippen molar-refractivity contribution in [3.8, 4) is 0 Å². The number of aromatic nitrogens is 1. The number of allylic oxidation sites excluding steroid dienone is 2. The van der Waals surface area contributed by atoms with Crippen molar-refractivity contribution in [3.05, 3.63) is 27.5 Å². The molecule has 3 rings (SSSR count). The molecule has 1 atom stereocenters. The number of amides is 1. The van der Waals surface area contributed by atoms with Crippen molar-refractivity contribution in [2.45, 2.75) is 30.4 Å². The van der Waals surface area contributed by atoms with E-state index in [0.29, 0.717) is 30.1 Å². The quantitative estimate of drug-likeness (QED) is 0.801. The van der Waals surface area contributed by atoms with Crippen LogP contribution in [0.1, 0.15) is 25.0 Å². The van der Waals surface area contributed by atoms with Gasteiger partial charge in [0.1, 0.15) is 0 Å². The molecule has 1 aliphatic carbocycles. The summed E-state index contributed by atoms with van der Waals surface area (Å²) >= 11 is 0.716. The van der Waals surface area contributed by atoms with Gasteiger partial charge in [-0.2, -0.15) is 4.31 Å². The predicted octanol–water partition coefficient (Wildman–Crippen LogP) is 0.934. The van der Waals surface area contributed by atoms with Crippen LogP contribution in [0.3, 0.4) is 0 Å². The number of aryl methyl sites for hydroxylation is 1. The third kappa shape index (κ3) is 3.33. The molecule has 132 valence electrons. The highest BCUT2D eigenvalue weighted by atomic mass is 32.2. The molecule has 1 amide bonds. The summed E-state index contributed by atoms with van der Waals surface area (Å²) in [5.74, 6) is 0.147. The van der Waals surface area contributed by atoms with Gasteiger partial charge in [-0.05, 0) is 26.2 Å². The SMILES string of the molecule is Cc1[nH]c(=O)sc1S(=O)(=O)N1CCN(C(=O)C2CC=CCC2)CC1. The van der Waals surface area contributed by atoms with E-state index >= 15 is 0 Å². The monoisotopic (exact) mass is 371 g/mol. The molecule has 0 spiro atoms. The van der Waals surface area contributed by atoms with Gasteiger partial charge in [-0.15, -0.1) is 0 Å². The zero-order valence-corrected chi connectivity index (χ0v) is 15.2. The number of H-pyrrole nitrogens is 1. The Labute approximate surface area is 145 Å². The number of hydrogen-bond donors (Lipinski definition) is 1. The maximum absolute atomic E-state index is 12.7. The van der Waals surface area contributed by atoms with E-state index in [4.69, 9.17) is 0 Å². The van der Waals surface area contributed by atoms with E-state index < -0.39 is 10.0 Å². The summed E-state index contributed by atoms with van der Waals surface area (Å²) in [6, 6.07) is 0. The molecule has 9 heteroatoms. The van der Waals surface area contributed by atoms with Gasteiger partial charge in [0.15, 0.2) is 4.21 Å². The highest BCUT2D eigenvalue weighted by Crippen LogP contribution is 2.24. The molecule has 0 aromatic carbocycles. The van der Waals surface area contributed by atoms with E-state index in [9.17, 15) is 18.0 Å². The topological polar surface area (TPSA) is 90.5 Å². The van der Waals surface area contributed by atoms with Crippen molar-refractivity contribution >= 4 is 27.3 Å². The fraction of sp³-hybridized carbons (Fsp3) is 0.600. The zero-order chi connectivity index (χ0) is 17.3. The lowest BCUT2D eigenvalue weighted by atomic mass is 9.93. The number of carbonyl (C=O) groups excluding carboxylic acids is 1. The Morgan fingerprint density at radius 3 is 2.50 bits per heavy atom. The summed E-state index contributed by atoms with van der Waals surface area (Å²) < 4.78 is 26.8. The van der Waals surface area contributed by atoms with Crippen molar-refractivity contribution in [1.82, 2.24) is 14.2 Å². The summed E-state index contributed by atoms with van der Waals surface area (Å²) in [5, 5.41) is 0. The van der Waals surface area contributed by atoms with E-state index in [-0.39, 0.29) is 34.0 Å². The van der Waals surface area contributed by atoms with Gasteiger partial charge in [-0.1, -0.05) is 23.5 Å². The second-order valence-electron chi connectivity index (χ2n) is 6.14. The van der Waals surface area contributed by atoms with Crippen LogP contribution in [0.2, 0.25) is 0 Å². The molecule has 2 aliphatic rings. The Bertz CT molecular complexity index is 801. The molecule has 0 bridgehead atoms. The number of nitrogens with zero attached hydrogens (tertiary/aromatic N) is 2. The van der Waals surface area contributed by atoms with Gasteiger partial charge >= 0.3 is 4.87 Å². The molecule has 1 saturated heterocycles. The summed E-state index contributed by atoms with van der Waals surface area (Å²) in [6.07, 6.45) is 6.71. The van der Waals surface area contributed by atoms with Gasteiger partial charge in [0.25, 0.3) is 10.0 Å². The normalized spacial score (nSPS) is 22.7. The van der Waals surface area contributed by atoms with Gasteiger partial charge in [-0.3, -0.25) is 9.59 Å². The fourth-order valence-corrected chi connectivity index (χ4v) is 6.04. The van der Waals surface area contributed by atoms with Crippen LogP contribution in [0.25, 0.3) is 0 Å². The molecule has 1 unspecified atom stereocenters. The second kappa shape index (κ2) is 6.81. The Balaban J connectivity index is 1.66. The summed E-state index contributed by atoms with van der Waals surface area (Å²) in [7, 11) is -3.67. The zero-order valence-electron chi connectivity index (χ0n) is 13.5. The number of hydrogen-bond acceptors (Lipinski definition) is 5. The van der Waals surface area contributed by atoms with Crippen LogP contribution in [0, 0.1) is 12.8 Å². The van der Waals surface area contributed by atoms with Gasteiger partial charge in [0, 0.05) is 37.8 Å². The molecule has 0 saturated carbocycles. The first kappa shape index (κ1) is 17.4. The van der Waals surface area contributed by atoms with Crippen LogP contribution in [0.15, 0.2) is 21.2 Å². The van der Waals surface area contributed by atoms with Crippen molar-refractivity contribution < 1.29 is 13.2 Å². The van der Waals surface area contributed by atoms with Gasteiger partial charge in [0.05, 0.1) is 0 Å². The van der Waals surface area contributed by atoms with E-state index in [1.807, 2.05) is 6.08 Å². The number of thiazole rings is 1. The maximum atomic E-state index is 12.7. The molecule has 1 aliphatic heterocycles. The standard InChI is InChI=1S/C15H21N3O4S2/c1-11-14(23-15(20)16-11)24(21,22)18-9-7-17(8-10-18)13(19)12-5-3-2-4-6-12/h2-3,12H,4-10H2,1H3,(H,16,20). The summed E-state index contributed by atoms with van der Waals surface area (Å²) in [5.41, 5.74) is 0.373. The Morgan fingerprint density at radius 1 is 1.25 bits per heavy atom. The van der Waals surface area contributed by atoms with E-state index in [1.165, 1.54) is 4.31 Å². The largest absolute Gasteiger partial charge is 0.340 e. The molecule has 7 nitrogen and oxygen atoms in total. The fourth-order valence-electron chi connectivity index (χ4n) is 3.18. The minimum Gasteiger partial charge on any atom is -0.340 e. The molecule has 2 heterocycles. The predicted molar refractivity (Wildman–Crippen MR) is 91.5 cm³/mol. The Kier molecular flexibility index (Phi) is 4.93. The highest BCUT2D eigenvalue weighted by molar-refractivity contribution is 7.91. The number of nitrogens with one attached hydrogen (secondary N) is 1. The minimum atomic E-state index is -3.67. The molecule has 1 aromatic rings. The Hall–Kier alpha value is -1.45. The lowest BCUT2D eigenvalue weighted by molar-refractivity contribution is -0.137. The van der Waals surface area contributed by atoms with Crippen molar-refractivity contribution in [3.63, 3.8) is 0 Å². The number of carbonyl (C=O) groups is 1. The average molecular weight is 371 g/mol. The van der Waals surface area contributed by atoms with Crippen LogP contribution in [0.4, 0.5) is 0 Å². The molecule has 0 radical (unpaired) electrons. The number of sulfonamides is 1. The molecule has 1 fully saturated rings. The van der Waals surface area contributed by atoms with Gasteiger partial charge < -0.3 is 9.88 Å². The van der Waals surface area contributed by atoms with Crippen molar-refractivity contribution in [1.29, 1.82) is 0 Å². The van der Waals surface area contributed by atoms with E-state index in [1.54, 1.807) is 11.8 Å². The van der Waals surface area contributed by atoms with Crippen LogP contribution in [-0.4, -0.2) is 54.7 Å². The third-order valence-corrected chi connectivity index (χ3v) is 8.00. The smallest absolute Gasteiger partial charge is 0.305 e. The van der Waals surface area contributed by atoms with Crippen LogP contribution in [0.5, 0.6) is 0 Å². The van der Waals surface area contributed by atoms with Gasteiger partial charge in [0.2, 0.25) is 5.91 Å². The molecule has 1 aromatic heterocycles. The summed E-state index contributed by atoms with van der Waals surface area (Å²) in [4.78, 5) is 27.8. The lowest BCUT2D eigenvalue weighted by Gasteiger charge is -2.35. The number of piperazine rings is 1. The van der Waals surface area contributed by atoms with Crippen LogP contribution in [-0.2, 0) is 14.8 Å². The first-order valence-corrected chi connectivity index (χ1v) is 10.3. The molecular formula is C15H21N3O4S2. The highest BCUT2D eigenvalue weighted by Gasteiger charge is 2.34. The molecule has 24 heavy (non-hydrogen) atoms. The average Bonchev–Trinajstić information content (AvgIpc) is 2.94. The van der Waals surface area contributed by atoms with Crippen LogP contribution < -0.4 is 4.87 Å². The first-order valence-electron chi connectivity index (χ1n) is 8.03. The van der Waals surface area contributed by atoms with E-state index in [2.05, 4.69) is 11.1 Å². The number of rotatable bonds is 3. The van der Waals surface area contributed by atoms with Gasteiger partial charge in [-0.25, -0.2) is 8.42 Å². The Morgan fingerprint density at radius 2 is 1.96 bits per heavy atom. The molecular weight excluding hydrogens is 350 g/mol. The summed E-state index contributed by atoms with van der Waals surface area (Å²) in [6.45, 7) is 2.92. The van der Waals surface area contributed by atoms with E-state index in [0.717, 1.165) is 19.3 Å². The lowest BCUT2D eigenvalue weighted by Crippen LogP contribution is -2.51. The van der Waals surface area contributed by atoms with Crippen molar-refractivity contribution in [2.75, 3.05) is 26.2 Å². The maximum Gasteiger partial charge on any atom is 0.305 e. The van der Waals surface area contributed by atoms with Crippen molar-refractivity contribution in [2.24, 2.45) is 5.92 Å². The number of aromatic amines is 1. The first-order chi connectivity index (χ1) is 11.4. The molecule has 1 N–H and O–H groups in total. The minimum absolute atomic E-state index is 0.0234. The third-order valence-electron chi connectivity index (χ3n) is 4.52. The second-order valence-corrected chi connectivity index (χ2v) is 9.25.